The van der Waals surface area contributed by atoms with E-state index in [1.165, 1.54) is 0 Å². The molecular formula is C19H21NO4. The summed E-state index contributed by atoms with van der Waals surface area (Å²) < 4.78 is 17.5. The van der Waals surface area contributed by atoms with Crippen molar-refractivity contribution in [3.8, 4) is 5.75 Å². The van der Waals surface area contributed by atoms with Gasteiger partial charge >= 0.3 is 0 Å². The third kappa shape index (κ3) is 3.16. The number of fused-ring (bicyclic) bond motifs is 2. The lowest BCUT2D eigenvalue weighted by atomic mass is 9.97. The molecule has 0 aromatic heterocycles. The molecule has 5 nitrogen and oxygen atoms in total. The zero-order chi connectivity index (χ0) is 16.4. The number of ether oxygens (including phenoxy) is 3. The van der Waals surface area contributed by atoms with E-state index in [9.17, 15) is 5.11 Å². The lowest BCUT2D eigenvalue weighted by Crippen LogP contribution is -2.61. The maximum absolute atomic E-state index is 10.8. The van der Waals surface area contributed by atoms with Crippen molar-refractivity contribution >= 4 is 0 Å². The second kappa shape index (κ2) is 6.91. The minimum Gasteiger partial charge on any atom is -0.482 e. The minimum atomic E-state index is -0.708. The molecule has 2 fully saturated rings. The summed E-state index contributed by atoms with van der Waals surface area (Å²) in [6.45, 7) is 1.12. The standard InChI is InChI=1S/C19H21NO4/c21-17-16(20-11-13-7-3-1-4-8-13)15-12-22-19(24-15)18(17)23-14-9-5-2-6-10-14/h1-10,15-21H,11-12H2. The molecule has 0 amide bonds. The highest BCUT2D eigenvalue weighted by Crippen LogP contribution is 2.31. The molecule has 5 heteroatoms. The van der Waals surface area contributed by atoms with Gasteiger partial charge in [0.1, 0.15) is 18.0 Å². The number of nitrogens with one attached hydrogen (secondary N) is 1. The van der Waals surface area contributed by atoms with E-state index in [0.29, 0.717) is 18.9 Å². The summed E-state index contributed by atoms with van der Waals surface area (Å²) >= 11 is 0. The van der Waals surface area contributed by atoms with Gasteiger partial charge < -0.3 is 24.6 Å². The van der Waals surface area contributed by atoms with Gasteiger partial charge in [0.05, 0.1) is 12.6 Å². The molecule has 5 atom stereocenters. The molecule has 2 aromatic rings. The third-order valence-electron chi connectivity index (χ3n) is 4.51. The number of aliphatic hydroxyl groups excluding tert-OH is 1. The SMILES string of the molecule is OC1C(NCc2ccccc2)C2COC(O2)C1Oc1ccccc1. The van der Waals surface area contributed by atoms with Crippen molar-refractivity contribution in [2.45, 2.75) is 37.2 Å². The summed E-state index contributed by atoms with van der Waals surface area (Å²) in [5.41, 5.74) is 1.16. The quantitative estimate of drug-likeness (QED) is 0.875. The molecule has 4 rings (SSSR count). The van der Waals surface area contributed by atoms with Crippen molar-refractivity contribution in [3.05, 3.63) is 66.2 Å². The smallest absolute Gasteiger partial charge is 0.197 e. The molecular weight excluding hydrogens is 306 g/mol. The van der Waals surface area contributed by atoms with E-state index < -0.39 is 18.5 Å². The van der Waals surface area contributed by atoms with Gasteiger partial charge in [-0.3, -0.25) is 0 Å². The third-order valence-corrected chi connectivity index (χ3v) is 4.51. The Kier molecular flexibility index (Phi) is 4.49. The van der Waals surface area contributed by atoms with Crippen LogP contribution in [0.15, 0.2) is 60.7 Å². The van der Waals surface area contributed by atoms with E-state index >= 15 is 0 Å². The number of rotatable bonds is 5. The summed E-state index contributed by atoms with van der Waals surface area (Å²) in [7, 11) is 0. The first kappa shape index (κ1) is 15.6. The van der Waals surface area contributed by atoms with Crippen molar-refractivity contribution in [2.75, 3.05) is 6.61 Å². The van der Waals surface area contributed by atoms with Crippen LogP contribution < -0.4 is 10.1 Å². The largest absolute Gasteiger partial charge is 0.482 e. The zero-order valence-electron chi connectivity index (χ0n) is 13.2. The Balaban J connectivity index is 1.46. The number of benzene rings is 2. The Bertz CT molecular complexity index is 651. The van der Waals surface area contributed by atoms with Gasteiger partial charge in [-0.25, -0.2) is 0 Å². The molecule has 2 heterocycles. The van der Waals surface area contributed by atoms with Crippen LogP contribution in [0.2, 0.25) is 0 Å². The molecule has 2 aromatic carbocycles. The molecule has 2 bridgehead atoms. The van der Waals surface area contributed by atoms with Gasteiger partial charge in [0.25, 0.3) is 0 Å². The Morgan fingerprint density at radius 1 is 1.04 bits per heavy atom. The van der Waals surface area contributed by atoms with Crippen LogP contribution >= 0.6 is 0 Å². The maximum atomic E-state index is 10.8. The average molecular weight is 327 g/mol. The van der Waals surface area contributed by atoms with Gasteiger partial charge in [0.15, 0.2) is 12.4 Å². The van der Waals surface area contributed by atoms with Gasteiger partial charge in [-0.15, -0.1) is 0 Å². The van der Waals surface area contributed by atoms with E-state index in [1.807, 2.05) is 48.5 Å². The number of aliphatic hydroxyl groups is 1. The van der Waals surface area contributed by atoms with Gasteiger partial charge in [0.2, 0.25) is 0 Å². The molecule has 2 N–H and O–H groups in total. The highest BCUT2D eigenvalue weighted by Gasteiger charge is 2.51. The predicted molar refractivity (Wildman–Crippen MR) is 88.5 cm³/mol. The number of hydrogen-bond donors (Lipinski definition) is 2. The van der Waals surface area contributed by atoms with Crippen LogP contribution in [-0.2, 0) is 16.0 Å². The summed E-state index contributed by atoms with van der Waals surface area (Å²) in [6, 6.07) is 19.3. The van der Waals surface area contributed by atoms with Crippen LogP contribution in [0.5, 0.6) is 5.75 Å². The maximum Gasteiger partial charge on any atom is 0.197 e. The Labute approximate surface area is 141 Å². The first-order valence-corrected chi connectivity index (χ1v) is 8.25. The van der Waals surface area contributed by atoms with Crippen molar-refractivity contribution in [2.24, 2.45) is 0 Å². The van der Waals surface area contributed by atoms with Gasteiger partial charge in [-0.2, -0.15) is 0 Å². The minimum absolute atomic E-state index is 0.163. The molecule has 5 unspecified atom stereocenters. The first-order valence-electron chi connectivity index (χ1n) is 8.25. The van der Waals surface area contributed by atoms with E-state index in [0.717, 1.165) is 5.56 Å². The molecule has 0 spiro atoms. The van der Waals surface area contributed by atoms with Crippen LogP contribution in [0, 0.1) is 0 Å². The average Bonchev–Trinajstić information content (AvgIpc) is 3.06. The monoisotopic (exact) mass is 327 g/mol. The summed E-state index contributed by atoms with van der Waals surface area (Å²) in [4.78, 5) is 0. The van der Waals surface area contributed by atoms with Crippen LogP contribution in [0.1, 0.15) is 5.56 Å². The predicted octanol–water partition coefficient (Wildman–Crippen LogP) is 1.71. The topological polar surface area (TPSA) is 60.0 Å². The highest BCUT2D eigenvalue weighted by molar-refractivity contribution is 5.22. The molecule has 24 heavy (non-hydrogen) atoms. The van der Waals surface area contributed by atoms with E-state index in [1.54, 1.807) is 0 Å². The molecule has 0 radical (unpaired) electrons. The fourth-order valence-electron chi connectivity index (χ4n) is 3.25. The lowest BCUT2D eigenvalue weighted by Gasteiger charge is -2.38. The van der Waals surface area contributed by atoms with E-state index in [2.05, 4.69) is 17.4 Å². The summed E-state index contributed by atoms with van der Waals surface area (Å²) in [5, 5.41) is 14.2. The van der Waals surface area contributed by atoms with E-state index in [-0.39, 0.29) is 12.1 Å². The van der Waals surface area contributed by atoms with Crippen molar-refractivity contribution in [3.63, 3.8) is 0 Å². The summed E-state index contributed by atoms with van der Waals surface area (Å²) in [5.74, 6) is 0.695. The Morgan fingerprint density at radius 2 is 1.75 bits per heavy atom. The second-order valence-corrected chi connectivity index (χ2v) is 6.15. The fraction of sp³-hybridized carbons (Fsp3) is 0.368. The van der Waals surface area contributed by atoms with Crippen molar-refractivity contribution < 1.29 is 19.3 Å². The second-order valence-electron chi connectivity index (χ2n) is 6.15. The van der Waals surface area contributed by atoms with Gasteiger partial charge in [0, 0.05) is 6.54 Å². The lowest BCUT2D eigenvalue weighted by molar-refractivity contribution is -0.193. The van der Waals surface area contributed by atoms with Crippen LogP contribution in [0.25, 0.3) is 0 Å². The molecule has 126 valence electrons. The molecule has 2 saturated heterocycles. The highest BCUT2D eigenvalue weighted by atomic mass is 16.7. The van der Waals surface area contributed by atoms with E-state index in [4.69, 9.17) is 14.2 Å². The fourth-order valence-corrected chi connectivity index (χ4v) is 3.25. The first-order chi connectivity index (χ1) is 11.8. The molecule has 2 aliphatic rings. The number of hydrogen-bond acceptors (Lipinski definition) is 5. The summed E-state index contributed by atoms with van der Waals surface area (Å²) in [6.07, 6.45) is -1.95. The van der Waals surface area contributed by atoms with Crippen LogP contribution in [-0.4, -0.2) is 42.4 Å². The van der Waals surface area contributed by atoms with Gasteiger partial charge in [-0.05, 0) is 17.7 Å². The molecule has 0 saturated carbocycles. The Hall–Kier alpha value is -1.92. The zero-order valence-corrected chi connectivity index (χ0v) is 13.2. The Morgan fingerprint density at radius 3 is 2.50 bits per heavy atom. The normalized spacial score (nSPS) is 31.8. The van der Waals surface area contributed by atoms with Crippen molar-refractivity contribution in [1.29, 1.82) is 0 Å². The van der Waals surface area contributed by atoms with Crippen LogP contribution in [0.4, 0.5) is 0 Å². The molecule has 2 aliphatic heterocycles. The molecule has 0 aliphatic carbocycles. The van der Waals surface area contributed by atoms with Gasteiger partial charge in [-0.1, -0.05) is 48.5 Å². The van der Waals surface area contributed by atoms with Crippen LogP contribution in [0.3, 0.4) is 0 Å². The van der Waals surface area contributed by atoms with Crippen molar-refractivity contribution in [1.82, 2.24) is 5.32 Å². The number of para-hydroxylation sites is 1.